The lowest BCUT2D eigenvalue weighted by atomic mass is 10.1. The molecular weight excluding hydrogens is 349 g/mol. The van der Waals surface area contributed by atoms with Gasteiger partial charge < -0.3 is 15.5 Å². The normalized spacial score (nSPS) is 16.8. The third-order valence-electron chi connectivity index (χ3n) is 4.60. The topological polar surface area (TPSA) is 87.2 Å². The molecule has 2 heterocycles. The lowest BCUT2D eigenvalue weighted by molar-refractivity contribution is 0.0685. The molecule has 2 N–H and O–H groups in total. The molecule has 1 aromatic heterocycles. The van der Waals surface area contributed by atoms with Crippen molar-refractivity contribution in [2.24, 2.45) is 0 Å². The number of nitrogens with zero attached hydrogens (tertiary/aromatic N) is 3. The Balaban J connectivity index is 1.71. The number of carbonyl (C=O) groups excluding carboxylic acids is 2. The average molecular weight is 371 g/mol. The Bertz CT molecular complexity index is 812. The molecule has 0 radical (unpaired) electrons. The molecule has 8 heteroatoms. The molecule has 1 atom stereocenters. The molecule has 1 saturated heterocycles. The van der Waals surface area contributed by atoms with Crippen molar-refractivity contribution in [3.63, 3.8) is 0 Å². The van der Waals surface area contributed by atoms with Crippen LogP contribution in [0.5, 0.6) is 0 Å². The van der Waals surface area contributed by atoms with Gasteiger partial charge in [-0.2, -0.15) is 0 Å². The number of aromatic nitrogens is 2. The third kappa shape index (κ3) is 4.65. The monoisotopic (exact) mass is 371 g/mol. The summed E-state index contributed by atoms with van der Waals surface area (Å²) in [5.74, 6) is -1.12. The fourth-order valence-electron chi connectivity index (χ4n) is 3.08. The molecule has 1 aliphatic rings. The Morgan fingerprint density at radius 1 is 1.19 bits per heavy atom. The second-order valence-corrected chi connectivity index (χ2v) is 6.44. The molecular formula is C19H22FN5O2. The molecule has 2 amide bonds. The maximum absolute atomic E-state index is 13.0. The van der Waals surface area contributed by atoms with E-state index >= 15 is 0 Å². The van der Waals surface area contributed by atoms with Crippen molar-refractivity contribution >= 4 is 11.8 Å². The second-order valence-electron chi connectivity index (χ2n) is 6.44. The van der Waals surface area contributed by atoms with Crippen LogP contribution in [0.2, 0.25) is 0 Å². The summed E-state index contributed by atoms with van der Waals surface area (Å²) >= 11 is 0. The molecule has 0 bridgehead atoms. The molecule has 1 aliphatic heterocycles. The molecule has 0 spiro atoms. The molecule has 0 saturated carbocycles. The van der Waals surface area contributed by atoms with Gasteiger partial charge in [0.05, 0.1) is 0 Å². The SMILES string of the molecule is CNC1CCCN(C(=O)c2nccnc2C(=O)NCc2ccc(F)cc2)C1. The van der Waals surface area contributed by atoms with E-state index in [1.165, 1.54) is 24.5 Å². The molecule has 27 heavy (non-hydrogen) atoms. The number of nitrogens with one attached hydrogen (secondary N) is 2. The van der Waals surface area contributed by atoms with E-state index in [0.717, 1.165) is 18.4 Å². The maximum atomic E-state index is 13.0. The molecule has 1 fully saturated rings. The molecule has 3 rings (SSSR count). The number of hydrogen-bond acceptors (Lipinski definition) is 5. The van der Waals surface area contributed by atoms with E-state index in [-0.39, 0.29) is 35.7 Å². The van der Waals surface area contributed by atoms with Crippen LogP contribution in [0.3, 0.4) is 0 Å². The summed E-state index contributed by atoms with van der Waals surface area (Å²) in [5.41, 5.74) is 0.788. The van der Waals surface area contributed by atoms with Crippen molar-refractivity contribution in [2.45, 2.75) is 25.4 Å². The Morgan fingerprint density at radius 3 is 2.59 bits per heavy atom. The molecule has 1 aromatic carbocycles. The van der Waals surface area contributed by atoms with Crippen LogP contribution in [0.15, 0.2) is 36.7 Å². The minimum atomic E-state index is -0.488. The van der Waals surface area contributed by atoms with Crippen LogP contribution < -0.4 is 10.6 Å². The first kappa shape index (κ1) is 18.9. The average Bonchev–Trinajstić information content (AvgIpc) is 2.72. The fourth-order valence-corrected chi connectivity index (χ4v) is 3.08. The quantitative estimate of drug-likeness (QED) is 0.829. The van der Waals surface area contributed by atoms with Crippen molar-refractivity contribution in [2.75, 3.05) is 20.1 Å². The molecule has 142 valence electrons. The van der Waals surface area contributed by atoms with Gasteiger partial charge in [0.25, 0.3) is 11.8 Å². The summed E-state index contributed by atoms with van der Waals surface area (Å²) in [5, 5.41) is 5.89. The molecule has 0 aliphatic carbocycles. The number of hydrogen-bond donors (Lipinski definition) is 2. The van der Waals surface area contributed by atoms with Gasteiger partial charge in [0, 0.05) is 38.1 Å². The van der Waals surface area contributed by atoms with Crippen molar-refractivity contribution < 1.29 is 14.0 Å². The predicted octanol–water partition coefficient (Wildman–Crippen LogP) is 1.37. The number of halogens is 1. The first-order chi connectivity index (χ1) is 13.1. The van der Waals surface area contributed by atoms with Gasteiger partial charge in [0.1, 0.15) is 5.82 Å². The van der Waals surface area contributed by atoms with Gasteiger partial charge >= 0.3 is 0 Å². The van der Waals surface area contributed by atoms with Gasteiger partial charge in [0.2, 0.25) is 0 Å². The van der Waals surface area contributed by atoms with E-state index < -0.39 is 5.91 Å². The van der Waals surface area contributed by atoms with Gasteiger partial charge in [0.15, 0.2) is 11.4 Å². The lowest BCUT2D eigenvalue weighted by Gasteiger charge is -2.32. The zero-order valence-corrected chi connectivity index (χ0v) is 15.1. The fraction of sp³-hybridized carbons (Fsp3) is 0.368. The highest BCUT2D eigenvalue weighted by atomic mass is 19.1. The minimum absolute atomic E-state index is 0.00353. The summed E-state index contributed by atoms with van der Waals surface area (Å²) < 4.78 is 13.0. The van der Waals surface area contributed by atoms with Crippen LogP contribution in [0, 0.1) is 5.82 Å². The van der Waals surface area contributed by atoms with Crippen molar-refractivity contribution in [3.05, 3.63) is 59.4 Å². The van der Waals surface area contributed by atoms with Gasteiger partial charge in [-0.15, -0.1) is 0 Å². The Kier molecular flexibility index (Phi) is 6.08. The van der Waals surface area contributed by atoms with Gasteiger partial charge in [-0.3, -0.25) is 9.59 Å². The Labute approximate surface area is 157 Å². The molecule has 2 aromatic rings. The van der Waals surface area contributed by atoms with Crippen molar-refractivity contribution in [1.82, 2.24) is 25.5 Å². The van der Waals surface area contributed by atoms with Crippen LogP contribution in [0.25, 0.3) is 0 Å². The number of piperidine rings is 1. The molecule has 1 unspecified atom stereocenters. The number of likely N-dealkylation sites (N-methyl/N-ethyl adjacent to an activating group) is 1. The first-order valence-corrected chi connectivity index (χ1v) is 8.88. The van der Waals surface area contributed by atoms with Crippen LogP contribution in [-0.4, -0.2) is 52.9 Å². The predicted molar refractivity (Wildman–Crippen MR) is 97.6 cm³/mol. The van der Waals surface area contributed by atoms with E-state index in [2.05, 4.69) is 20.6 Å². The second kappa shape index (κ2) is 8.68. The van der Waals surface area contributed by atoms with Crippen LogP contribution in [-0.2, 0) is 6.54 Å². The van der Waals surface area contributed by atoms with Crippen LogP contribution >= 0.6 is 0 Å². The highest BCUT2D eigenvalue weighted by molar-refractivity contribution is 6.04. The summed E-state index contributed by atoms with van der Waals surface area (Å²) in [6, 6.07) is 6.06. The van der Waals surface area contributed by atoms with E-state index in [4.69, 9.17) is 0 Å². The highest BCUT2D eigenvalue weighted by Gasteiger charge is 2.28. The third-order valence-corrected chi connectivity index (χ3v) is 4.60. The van der Waals surface area contributed by atoms with E-state index in [0.29, 0.717) is 13.1 Å². The number of benzene rings is 1. The Hall–Kier alpha value is -2.87. The summed E-state index contributed by atoms with van der Waals surface area (Å²) in [7, 11) is 1.87. The largest absolute Gasteiger partial charge is 0.347 e. The van der Waals surface area contributed by atoms with E-state index in [9.17, 15) is 14.0 Å². The summed E-state index contributed by atoms with van der Waals surface area (Å²) in [4.78, 5) is 35.3. The number of amides is 2. The Morgan fingerprint density at radius 2 is 1.89 bits per heavy atom. The maximum Gasteiger partial charge on any atom is 0.274 e. The standard InChI is InChI=1S/C19H22FN5O2/c1-21-15-3-2-10-25(12-15)19(27)17-16(22-8-9-23-17)18(26)24-11-13-4-6-14(20)7-5-13/h4-9,15,21H,2-3,10-12H2,1H3,(H,24,26). The minimum Gasteiger partial charge on any atom is -0.347 e. The van der Waals surface area contributed by atoms with Crippen LogP contribution in [0.4, 0.5) is 4.39 Å². The highest BCUT2D eigenvalue weighted by Crippen LogP contribution is 2.14. The smallest absolute Gasteiger partial charge is 0.274 e. The van der Waals surface area contributed by atoms with Gasteiger partial charge in [-0.05, 0) is 37.6 Å². The molecule has 7 nitrogen and oxygen atoms in total. The van der Waals surface area contributed by atoms with E-state index in [1.807, 2.05) is 7.05 Å². The summed E-state index contributed by atoms with van der Waals surface area (Å²) in [6.45, 7) is 1.40. The zero-order valence-electron chi connectivity index (χ0n) is 15.1. The zero-order chi connectivity index (χ0) is 19.2. The van der Waals surface area contributed by atoms with E-state index in [1.54, 1.807) is 17.0 Å². The van der Waals surface area contributed by atoms with Gasteiger partial charge in [-0.1, -0.05) is 12.1 Å². The van der Waals surface area contributed by atoms with Crippen LogP contribution in [0.1, 0.15) is 39.4 Å². The number of likely N-dealkylation sites (tertiary alicyclic amines) is 1. The first-order valence-electron chi connectivity index (χ1n) is 8.88. The van der Waals surface area contributed by atoms with Crippen molar-refractivity contribution in [3.8, 4) is 0 Å². The van der Waals surface area contributed by atoms with Gasteiger partial charge in [-0.25, -0.2) is 14.4 Å². The number of carbonyl (C=O) groups is 2. The van der Waals surface area contributed by atoms with Crippen molar-refractivity contribution in [1.29, 1.82) is 0 Å². The lowest BCUT2D eigenvalue weighted by Crippen LogP contribution is -2.47. The summed E-state index contributed by atoms with van der Waals surface area (Å²) in [6.07, 6.45) is 4.69. The number of rotatable bonds is 5.